The van der Waals surface area contributed by atoms with Crippen LogP contribution in [-0.2, 0) is 0 Å². The maximum atomic E-state index is 13.6. The van der Waals surface area contributed by atoms with E-state index in [1.807, 2.05) is 19.1 Å². The summed E-state index contributed by atoms with van der Waals surface area (Å²) >= 11 is 0. The molecule has 1 fully saturated rings. The van der Waals surface area contributed by atoms with Crippen molar-refractivity contribution < 1.29 is 4.39 Å². The average molecular weight is 193 g/mol. The monoisotopic (exact) mass is 193 g/mol. The molecule has 1 heterocycles. The van der Waals surface area contributed by atoms with E-state index in [1.165, 1.54) is 12.8 Å². The molecule has 1 aliphatic rings. The molecule has 1 aliphatic heterocycles. The molecule has 2 rings (SSSR count). The minimum Gasteiger partial charge on any atom is -0.366 e. The number of rotatable bonds is 1. The third kappa shape index (κ3) is 1.61. The molecule has 1 saturated heterocycles. The fourth-order valence-electron chi connectivity index (χ4n) is 2.14. The number of hydrogen-bond donors (Lipinski definition) is 0. The molecule has 0 N–H and O–H groups in total. The summed E-state index contributed by atoms with van der Waals surface area (Å²) in [5, 5.41) is 0. The maximum Gasteiger partial charge on any atom is 0.146 e. The summed E-state index contributed by atoms with van der Waals surface area (Å²) in [5.41, 5.74) is 1.75. The molecule has 0 aromatic heterocycles. The number of nitrogens with zero attached hydrogens (tertiary/aromatic N) is 1. The second-order valence-corrected chi connectivity index (χ2v) is 4.14. The van der Waals surface area contributed by atoms with Gasteiger partial charge in [-0.2, -0.15) is 0 Å². The molecule has 1 aromatic rings. The molecule has 2 heteroatoms. The van der Waals surface area contributed by atoms with Gasteiger partial charge in [0.1, 0.15) is 5.82 Å². The Hall–Kier alpha value is -1.05. The zero-order chi connectivity index (χ0) is 10.1. The van der Waals surface area contributed by atoms with Gasteiger partial charge in [-0.15, -0.1) is 0 Å². The van der Waals surface area contributed by atoms with Crippen LogP contribution in [0.4, 0.5) is 10.1 Å². The van der Waals surface area contributed by atoms with Gasteiger partial charge >= 0.3 is 0 Å². The zero-order valence-corrected chi connectivity index (χ0v) is 8.76. The van der Waals surface area contributed by atoms with Crippen LogP contribution < -0.4 is 4.90 Å². The van der Waals surface area contributed by atoms with Crippen LogP contribution >= 0.6 is 0 Å². The molecule has 0 saturated carbocycles. The van der Waals surface area contributed by atoms with Crippen molar-refractivity contribution in [1.29, 1.82) is 0 Å². The molecular formula is C12H16FN. The van der Waals surface area contributed by atoms with Gasteiger partial charge in [-0.1, -0.05) is 6.07 Å². The highest BCUT2D eigenvalue weighted by atomic mass is 19.1. The molecule has 0 bridgehead atoms. The summed E-state index contributed by atoms with van der Waals surface area (Å²) in [4.78, 5) is 2.16. The number of aryl methyl sites for hydroxylation is 1. The number of anilines is 1. The van der Waals surface area contributed by atoms with E-state index >= 15 is 0 Å². The predicted molar refractivity (Wildman–Crippen MR) is 57.2 cm³/mol. The van der Waals surface area contributed by atoms with Gasteiger partial charge in [0.2, 0.25) is 0 Å². The first kappa shape index (κ1) is 9.50. The Labute approximate surface area is 84.5 Å². The third-order valence-electron chi connectivity index (χ3n) is 2.97. The van der Waals surface area contributed by atoms with Gasteiger partial charge in [-0.05, 0) is 44.4 Å². The lowest BCUT2D eigenvalue weighted by Crippen LogP contribution is -2.27. The summed E-state index contributed by atoms with van der Waals surface area (Å²) in [6.45, 7) is 5.06. The minimum atomic E-state index is -0.0845. The number of hydrogen-bond acceptors (Lipinski definition) is 1. The Bertz CT molecular complexity index is 335. The molecule has 0 aliphatic carbocycles. The zero-order valence-electron chi connectivity index (χ0n) is 8.76. The normalized spacial score (nSPS) is 21.6. The fourth-order valence-corrected chi connectivity index (χ4v) is 2.14. The van der Waals surface area contributed by atoms with Gasteiger partial charge in [0, 0.05) is 12.6 Å². The molecule has 0 radical (unpaired) electrons. The second kappa shape index (κ2) is 3.60. The fraction of sp³-hybridized carbons (Fsp3) is 0.500. The van der Waals surface area contributed by atoms with Gasteiger partial charge in [0.05, 0.1) is 5.69 Å². The molecule has 1 nitrogen and oxygen atoms in total. The van der Waals surface area contributed by atoms with Crippen molar-refractivity contribution in [2.45, 2.75) is 32.7 Å². The van der Waals surface area contributed by atoms with Crippen molar-refractivity contribution in [2.24, 2.45) is 0 Å². The molecule has 0 amide bonds. The lowest BCUT2D eigenvalue weighted by Gasteiger charge is -2.24. The van der Waals surface area contributed by atoms with Crippen LogP contribution in [0, 0.1) is 12.7 Å². The Morgan fingerprint density at radius 2 is 2.21 bits per heavy atom. The largest absolute Gasteiger partial charge is 0.366 e. The summed E-state index contributed by atoms with van der Waals surface area (Å²) in [7, 11) is 0. The van der Waals surface area contributed by atoms with Crippen LogP contribution in [0.5, 0.6) is 0 Å². The molecular weight excluding hydrogens is 177 g/mol. The number of halogens is 1. The topological polar surface area (TPSA) is 3.24 Å². The predicted octanol–water partition coefficient (Wildman–Crippen LogP) is 3.12. The molecule has 1 aromatic carbocycles. The van der Waals surface area contributed by atoms with E-state index in [0.29, 0.717) is 6.04 Å². The van der Waals surface area contributed by atoms with Gasteiger partial charge in [-0.3, -0.25) is 0 Å². The quantitative estimate of drug-likeness (QED) is 0.662. The Morgan fingerprint density at radius 3 is 2.79 bits per heavy atom. The van der Waals surface area contributed by atoms with E-state index in [0.717, 1.165) is 17.8 Å². The highest BCUT2D eigenvalue weighted by Crippen LogP contribution is 2.27. The van der Waals surface area contributed by atoms with E-state index in [-0.39, 0.29) is 5.82 Å². The van der Waals surface area contributed by atoms with Gasteiger partial charge in [0.15, 0.2) is 0 Å². The molecule has 14 heavy (non-hydrogen) atoms. The van der Waals surface area contributed by atoms with Crippen molar-refractivity contribution >= 4 is 5.69 Å². The van der Waals surface area contributed by atoms with E-state index in [9.17, 15) is 4.39 Å². The van der Waals surface area contributed by atoms with Crippen LogP contribution in [-0.4, -0.2) is 12.6 Å². The van der Waals surface area contributed by atoms with Crippen molar-refractivity contribution in [3.05, 3.63) is 29.6 Å². The maximum absolute atomic E-state index is 13.6. The lowest BCUT2D eigenvalue weighted by molar-refractivity contribution is 0.612. The summed E-state index contributed by atoms with van der Waals surface area (Å²) in [6, 6.07) is 5.96. The van der Waals surface area contributed by atoms with Crippen molar-refractivity contribution in [3.8, 4) is 0 Å². The average Bonchev–Trinajstić information content (AvgIpc) is 2.52. The first-order valence-corrected chi connectivity index (χ1v) is 5.21. The Kier molecular flexibility index (Phi) is 2.44. The van der Waals surface area contributed by atoms with E-state index in [1.54, 1.807) is 6.07 Å². The first-order valence-electron chi connectivity index (χ1n) is 5.21. The van der Waals surface area contributed by atoms with Crippen LogP contribution in [0.2, 0.25) is 0 Å². The first-order chi connectivity index (χ1) is 6.68. The van der Waals surface area contributed by atoms with Crippen molar-refractivity contribution in [1.82, 2.24) is 0 Å². The van der Waals surface area contributed by atoms with Crippen LogP contribution in [0.25, 0.3) is 0 Å². The highest BCUT2D eigenvalue weighted by Gasteiger charge is 2.22. The smallest absolute Gasteiger partial charge is 0.146 e. The second-order valence-electron chi connectivity index (χ2n) is 4.14. The van der Waals surface area contributed by atoms with Gasteiger partial charge in [-0.25, -0.2) is 4.39 Å². The van der Waals surface area contributed by atoms with Crippen LogP contribution in [0.15, 0.2) is 18.2 Å². The number of benzene rings is 1. The van der Waals surface area contributed by atoms with E-state index in [2.05, 4.69) is 11.8 Å². The minimum absolute atomic E-state index is 0.0845. The van der Waals surface area contributed by atoms with Gasteiger partial charge in [0.25, 0.3) is 0 Å². The Morgan fingerprint density at radius 1 is 1.43 bits per heavy atom. The van der Waals surface area contributed by atoms with Crippen molar-refractivity contribution in [2.75, 3.05) is 11.4 Å². The van der Waals surface area contributed by atoms with Crippen LogP contribution in [0.3, 0.4) is 0 Å². The molecule has 1 atom stereocenters. The van der Waals surface area contributed by atoms with Gasteiger partial charge < -0.3 is 4.90 Å². The van der Waals surface area contributed by atoms with Crippen LogP contribution in [0.1, 0.15) is 25.3 Å². The summed E-state index contributed by atoms with van der Waals surface area (Å²) in [6.07, 6.45) is 2.35. The summed E-state index contributed by atoms with van der Waals surface area (Å²) in [5.74, 6) is -0.0845. The molecule has 76 valence electrons. The third-order valence-corrected chi connectivity index (χ3v) is 2.97. The van der Waals surface area contributed by atoms with E-state index < -0.39 is 0 Å². The van der Waals surface area contributed by atoms with E-state index in [4.69, 9.17) is 0 Å². The highest BCUT2D eigenvalue weighted by molar-refractivity contribution is 5.50. The standard InChI is InChI=1S/C12H16FN/c1-9-5-6-12(11(13)8-9)14-7-3-4-10(14)2/h5-6,8,10H,3-4,7H2,1-2H3. The van der Waals surface area contributed by atoms with Crippen molar-refractivity contribution in [3.63, 3.8) is 0 Å². The SMILES string of the molecule is Cc1ccc(N2CCCC2C)c(F)c1. The lowest BCUT2D eigenvalue weighted by atomic mass is 10.2. The Balaban J connectivity index is 2.31. The molecule has 1 unspecified atom stereocenters. The summed E-state index contributed by atoms with van der Waals surface area (Å²) < 4.78 is 13.6. The molecule has 0 spiro atoms.